The number of amides is 1. The predicted molar refractivity (Wildman–Crippen MR) is 117 cm³/mol. The average Bonchev–Trinajstić information content (AvgIpc) is 3.40. The molecule has 0 unspecified atom stereocenters. The Balaban J connectivity index is 1.06. The minimum Gasteiger partial charge on any atom is -0.493 e. The van der Waals surface area contributed by atoms with Crippen molar-refractivity contribution in [3.63, 3.8) is 0 Å². The number of benzene rings is 2. The number of H-pyrrole nitrogens is 1. The number of aromatic nitrogens is 2. The van der Waals surface area contributed by atoms with Gasteiger partial charge < -0.3 is 14.6 Å². The van der Waals surface area contributed by atoms with Crippen LogP contribution in [0.15, 0.2) is 42.5 Å². The van der Waals surface area contributed by atoms with Gasteiger partial charge in [-0.3, -0.25) is 9.69 Å². The van der Waals surface area contributed by atoms with E-state index >= 15 is 0 Å². The fourth-order valence-corrected chi connectivity index (χ4v) is 4.44. The summed E-state index contributed by atoms with van der Waals surface area (Å²) in [6, 6.07) is 14.6. The molecule has 0 saturated carbocycles. The van der Waals surface area contributed by atoms with Crippen LogP contribution in [0.5, 0.6) is 5.75 Å². The van der Waals surface area contributed by atoms with Crippen molar-refractivity contribution in [2.45, 2.75) is 32.2 Å². The molecule has 30 heavy (non-hydrogen) atoms. The zero-order chi connectivity index (χ0) is 20.3. The number of aryl methyl sites for hydroxylation is 1. The summed E-state index contributed by atoms with van der Waals surface area (Å²) in [5.41, 5.74) is 4.72. The molecule has 2 aliphatic rings. The smallest absolute Gasteiger partial charge is 0.222 e. The molecule has 1 N–H and O–H groups in total. The number of nitrogens with one attached hydrogen (secondary N) is 1. The minimum atomic E-state index is 0.264. The molecule has 0 radical (unpaired) electrons. The second-order valence-electron chi connectivity index (χ2n) is 8.25. The molecule has 2 aliphatic heterocycles. The lowest BCUT2D eigenvalue weighted by Crippen LogP contribution is -2.48. The molecular formula is C24H28N4O2. The Morgan fingerprint density at radius 2 is 1.97 bits per heavy atom. The first-order chi connectivity index (χ1) is 14.7. The highest BCUT2D eigenvalue weighted by Gasteiger charge is 2.21. The van der Waals surface area contributed by atoms with Gasteiger partial charge in [0.25, 0.3) is 0 Å². The van der Waals surface area contributed by atoms with Gasteiger partial charge in [-0.25, -0.2) is 4.98 Å². The Bertz CT molecular complexity index is 1000. The summed E-state index contributed by atoms with van der Waals surface area (Å²) in [5, 5.41) is 0. The van der Waals surface area contributed by atoms with Crippen molar-refractivity contribution >= 4 is 16.9 Å². The van der Waals surface area contributed by atoms with Gasteiger partial charge in [0.1, 0.15) is 11.6 Å². The maximum atomic E-state index is 12.6. The number of fused-ring (bicyclic) bond motifs is 2. The lowest BCUT2D eigenvalue weighted by atomic mass is 10.1. The van der Waals surface area contributed by atoms with E-state index in [1.54, 1.807) is 0 Å². The Morgan fingerprint density at radius 1 is 1.10 bits per heavy atom. The second-order valence-corrected chi connectivity index (χ2v) is 8.25. The molecule has 0 aliphatic carbocycles. The maximum absolute atomic E-state index is 12.6. The van der Waals surface area contributed by atoms with E-state index in [9.17, 15) is 4.79 Å². The molecule has 0 atom stereocenters. The van der Waals surface area contributed by atoms with Crippen molar-refractivity contribution < 1.29 is 9.53 Å². The van der Waals surface area contributed by atoms with Gasteiger partial charge in [-0.1, -0.05) is 24.3 Å². The van der Waals surface area contributed by atoms with Crippen molar-refractivity contribution in [1.29, 1.82) is 0 Å². The Kier molecular flexibility index (Phi) is 5.41. The first-order valence-electron chi connectivity index (χ1n) is 10.9. The third kappa shape index (κ3) is 4.19. The quantitative estimate of drug-likeness (QED) is 0.686. The lowest BCUT2D eigenvalue weighted by molar-refractivity contribution is -0.133. The highest BCUT2D eigenvalue weighted by atomic mass is 16.5. The summed E-state index contributed by atoms with van der Waals surface area (Å²) in [5.74, 6) is 2.27. The van der Waals surface area contributed by atoms with Crippen LogP contribution in [0, 0.1) is 0 Å². The second kappa shape index (κ2) is 8.48. The SMILES string of the molecule is O=C(CCCc1nc2ccccc2[nH]1)N1CCN(Cc2ccc3c(c2)CCO3)CC1. The van der Waals surface area contributed by atoms with Gasteiger partial charge in [0.2, 0.25) is 5.91 Å². The highest BCUT2D eigenvalue weighted by Crippen LogP contribution is 2.26. The molecule has 3 aromatic rings. The number of nitrogens with zero attached hydrogens (tertiary/aromatic N) is 3. The van der Waals surface area contributed by atoms with Crippen LogP contribution < -0.4 is 4.74 Å². The third-order valence-electron chi connectivity index (χ3n) is 6.13. The van der Waals surface area contributed by atoms with E-state index in [0.29, 0.717) is 6.42 Å². The summed E-state index contributed by atoms with van der Waals surface area (Å²) in [6.45, 7) is 5.25. The summed E-state index contributed by atoms with van der Waals surface area (Å²) in [6.07, 6.45) is 3.24. The van der Waals surface area contributed by atoms with Crippen molar-refractivity contribution in [1.82, 2.24) is 19.8 Å². The fraction of sp³-hybridized carbons (Fsp3) is 0.417. The average molecular weight is 405 g/mol. The first kappa shape index (κ1) is 19.1. The molecular weight excluding hydrogens is 376 g/mol. The van der Waals surface area contributed by atoms with Gasteiger partial charge in [0.05, 0.1) is 17.6 Å². The molecule has 156 valence electrons. The number of para-hydroxylation sites is 2. The van der Waals surface area contributed by atoms with Crippen molar-refractivity contribution in [2.24, 2.45) is 0 Å². The van der Waals surface area contributed by atoms with E-state index in [1.165, 1.54) is 11.1 Å². The van der Waals surface area contributed by atoms with Gasteiger partial charge >= 0.3 is 0 Å². The van der Waals surface area contributed by atoms with Crippen LogP contribution in [0.2, 0.25) is 0 Å². The van der Waals surface area contributed by atoms with Crippen LogP contribution in [-0.2, 0) is 24.2 Å². The molecule has 2 aromatic carbocycles. The molecule has 0 spiro atoms. The number of aromatic amines is 1. The molecule has 1 fully saturated rings. The number of hydrogen-bond donors (Lipinski definition) is 1. The zero-order valence-corrected chi connectivity index (χ0v) is 17.3. The van der Waals surface area contributed by atoms with E-state index in [1.807, 2.05) is 29.2 Å². The number of rotatable bonds is 6. The van der Waals surface area contributed by atoms with Gasteiger partial charge in [-0.05, 0) is 35.7 Å². The van der Waals surface area contributed by atoms with Gasteiger partial charge in [-0.15, -0.1) is 0 Å². The number of imidazole rings is 1. The van der Waals surface area contributed by atoms with Crippen molar-refractivity contribution in [3.8, 4) is 5.75 Å². The number of carbonyl (C=O) groups is 1. The van der Waals surface area contributed by atoms with Crippen molar-refractivity contribution in [3.05, 3.63) is 59.4 Å². The Morgan fingerprint density at radius 3 is 2.83 bits per heavy atom. The summed E-state index contributed by atoms with van der Waals surface area (Å²) < 4.78 is 5.60. The minimum absolute atomic E-state index is 0.264. The topological polar surface area (TPSA) is 61.5 Å². The Labute approximate surface area is 176 Å². The molecule has 0 bridgehead atoms. The van der Waals surface area contributed by atoms with E-state index in [4.69, 9.17) is 4.74 Å². The van der Waals surface area contributed by atoms with Crippen LogP contribution >= 0.6 is 0 Å². The summed E-state index contributed by atoms with van der Waals surface area (Å²) in [7, 11) is 0. The molecule has 1 amide bonds. The molecule has 6 nitrogen and oxygen atoms in total. The highest BCUT2D eigenvalue weighted by molar-refractivity contribution is 5.76. The normalized spacial score (nSPS) is 16.6. The molecule has 1 saturated heterocycles. The number of piperazine rings is 1. The fourth-order valence-electron chi connectivity index (χ4n) is 4.44. The van der Waals surface area contributed by atoms with Crippen LogP contribution in [-0.4, -0.2) is 58.5 Å². The zero-order valence-electron chi connectivity index (χ0n) is 17.3. The van der Waals surface area contributed by atoms with Crippen molar-refractivity contribution in [2.75, 3.05) is 32.8 Å². The summed E-state index contributed by atoms with van der Waals surface area (Å²) >= 11 is 0. The molecule has 3 heterocycles. The predicted octanol–water partition coefficient (Wildman–Crippen LogP) is 3.16. The van der Waals surface area contributed by atoms with Crippen LogP contribution in [0.4, 0.5) is 0 Å². The lowest BCUT2D eigenvalue weighted by Gasteiger charge is -2.35. The van der Waals surface area contributed by atoms with Crippen LogP contribution in [0.1, 0.15) is 29.8 Å². The largest absolute Gasteiger partial charge is 0.493 e. The van der Waals surface area contributed by atoms with Gasteiger partial charge in [-0.2, -0.15) is 0 Å². The van der Waals surface area contributed by atoms with Gasteiger partial charge in [0.15, 0.2) is 0 Å². The maximum Gasteiger partial charge on any atom is 0.222 e. The number of hydrogen-bond acceptors (Lipinski definition) is 4. The van der Waals surface area contributed by atoms with E-state index in [2.05, 4.69) is 33.1 Å². The monoisotopic (exact) mass is 404 g/mol. The van der Waals surface area contributed by atoms with E-state index < -0.39 is 0 Å². The first-order valence-corrected chi connectivity index (χ1v) is 10.9. The van der Waals surface area contributed by atoms with Crippen LogP contribution in [0.3, 0.4) is 0 Å². The molecule has 1 aromatic heterocycles. The van der Waals surface area contributed by atoms with E-state index in [0.717, 1.165) is 81.2 Å². The summed E-state index contributed by atoms with van der Waals surface area (Å²) in [4.78, 5) is 25.0. The molecule has 5 rings (SSSR count). The standard InChI is InChI=1S/C24H28N4O2/c29-24(7-3-6-23-25-20-4-1-2-5-21(20)26-23)28-13-11-27(12-14-28)17-18-8-9-22-19(16-18)10-15-30-22/h1-2,4-5,8-9,16H,3,6-7,10-15,17H2,(H,25,26). The molecule has 6 heteroatoms. The van der Waals surface area contributed by atoms with E-state index in [-0.39, 0.29) is 5.91 Å². The Hall–Kier alpha value is -2.86. The van der Waals surface area contributed by atoms with Gasteiger partial charge in [0, 0.05) is 52.0 Å². The van der Waals surface area contributed by atoms with Crippen LogP contribution in [0.25, 0.3) is 11.0 Å². The number of ether oxygens (including phenoxy) is 1. The third-order valence-corrected chi connectivity index (χ3v) is 6.13. The number of carbonyl (C=O) groups excluding carboxylic acids is 1.